The zero-order valence-corrected chi connectivity index (χ0v) is 19.0. The molecule has 0 N–H and O–H groups in total. The van der Waals surface area contributed by atoms with Crippen LogP contribution in [0.4, 0.5) is 0 Å². The fourth-order valence-electron chi connectivity index (χ4n) is 3.24. The molecule has 0 aliphatic carbocycles. The molecule has 0 saturated heterocycles. The third-order valence-electron chi connectivity index (χ3n) is 5.02. The van der Waals surface area contributed by atoms with Crippen LogP contribution in [0.25, 0.3) is 11.0 Å². The summed E-state index contributed by atoms with van der Waals surface area (Å²) in [4.78, 5) is 36.9. The van der Waals surface area contributed by atoms with Gasteiger partial charge in [0.05, 0.1) is 18.1 Å². The standard InChI is InChI=1S/C26H19ClO7/c1-15-25(34-19-9-5-17(6-10-19)26(30)31-2)24(29)21-12-11-20(13-23(21)33-15)32-14-22(28)16-3-7-18(27)8-4-16/h3-13H,14H2,1-2H3. The Balaban J connectivity index is 1.53. The first-order chi connectivity index (χ1) is 16.4. The van der Waals surface area contributed by atoms with Gasteiger partial charge in [-0.1, -0.05) is 11.6 Å². The minimum atomic E-state index is -0.471. The molecule has 1 aromatic heterocycles. The topological polar surface area (TPSA) is 92.0 Å². The lowest BCUT2D eigenvalue weighted by molar-refractivity contribution is 0.0600. The lowest BCUT2D eigenvalue weighted by atomic mass is 10.1. The van der Waals surface area contributed by atoms with Crippen LogP contribution in [0.5, 0.6) is 17.2 Å². The van der Waals surface area contributed by atoms with Crippen molar-refractivity contribution in [3.05, 3.63) is 98.9 Å². The molecular weight excluding hydrogens is 460 g/mol. The molecule has 0 bridgehead atoms. The van der Waals surface area contributed by atoms with E-state index in [0.717, 1.165) is 0 Å². The smallest absolute Gasteiger partial charge is 0.337 e. The van der Waals surface area contributed by atoms with Crippen molar-refractivity contribution in [1.82, 2.24) is 0 Å². The quantitative estimate of drug-likeness (QED) is 0.252. The number of benzene rings is 3. The number of carbonyl (C=O) groups excluding carboxylic acids is 2. The van der Waals surface area contributed by atoms with Crippen molar-refractivity contribution in [3.8, 4) is 17.2 Å². The van der Waals surface area contributed by atoms with E-state index in [-0.39, 0.29) is 29.3 Å². The molecule has 0 unspecified atom stereocenters. The van der Waals surface area contributed by atoms with Gasteiger partial charge in [0.25, 0.3) is 0 Å². The first-order valence-corrected chi connectivity index (χ1v) is 10.6. The fourth-order valence-corrected chi connectivity index (χ4v) is 3.36. The summed E-state index contributed by atoms with van der Waals surface area (Å²) in [6, 6.07) is 17.4. The van der Waals surface area contributed by atoms with Crippen LogP contribution >= 0.6 is 11.6 Å². The summed E-state index contributed by atoms with van der Waals surface area (Å²) in [5, 5.41) is 0.835. The molecular formula is C26H19ClO7. The Hall–Kier alpha value is -4.10. The Kier molecular flexibility index (Phi) is 6.65. The van der Waals surface area contributed by atoms with Crippen molar-refractivity contribution < 1.29 is 28.2 Å². The highest BCUT2D eigenvalue weighted by atomic mass is 35.5. The minimum Gasteiger partial charge on any atom is -0.485 e. The molecule has 0 radical (unpaired) electrons. The number of aryl methyl sites for hydroxylation is 1. The maximum absolute atomic E-state index is 13.0. The zero-order chi connectivity index (χ0) is 24.2. The molecule has 0 fully saturated rings. The van der Waals surface area contributed by atoms with Crippen molar-refractivity contribution in [1.29, 1.82) is 0 Å². The van der Waals surface area contributed by atoms with Crippen LogP contribution in [0.15, 0.2) is 75.9 Å². The van der Waals surface area contributed by atoms with E-state index in [1.165, 1.54) is 19.2 Å². The van der Waals surface area contributed by atoms with Gasteiger partial charge in [-0.3, -0.25) is 9.59 Å². The number of ether oxygens (including phenoxy) is 3. The first-order valence-electron chi connectivity index (χ1n) is 10.2. The molecule has 0 spiro atoms. The maximum atomic E-state index is 13.0. The van der Waals surface area contributed by atoms with E-state index in [2.05, 4.69) is 4.74 Å². The van der Waals surface area contributed by atoms with Crippen LogP contribution in [0, 0.1) is 6.92 Å². The second-order valence-electron chi connectivity index (χ2n) is 7.31. The fraction of sp³-hybridized carbons (Fsp3) is 0.115. The van der Waals surface area contributed by atoms with Crippen molar-refractivity contribution in [2.45, 2.75) is 6.92 Å². The van der Waals surface area contributed by atoms with E-state index in [0.29, 0.717) is 38.6 Å². The summed E-state index contributed by atoms with van der Waals surface area (Å²) in [6.07, 6.45) is 0. The molecule has 3 aromatic carbocycles. The Bertz CT molecular complexity index is 1420. The van der Waals surface area contributed by atoms with Gasteiger partial charge in [0.15, 0.2) is 12.4 Å². The number of halogens is 1. The lowest BCUT2D eigenvalue weighted by Gasteiger charge is -2.10. The monoisotopic (exact) mass is 478 g/mol. The van der Waals surface area contributed by atoms with Gasteiger partial charge in [0.1, 0.15) is 22.8 Å². The van der Waals surface area contributed by atoms with Gasteiger partial charge >= 0.3 is 5.97 Å². The van der Waals surface area contributed by atoms with Gasteiger partial charge in [-0.15, -0.1) is 0 Å². The van der Waals surface area contributed by atoms with Gasteiger partial charge in [0.2, 0.25) is 11.2 Å². The SMILES string of the molecule is COC(=O)c1ccc(Oc2c(C)oc3cc(OCC(=O)c4ccc(Cl)cc4)ccc3c2=O)cc1. The number of Topliss-reactive ketones (excluding diaryl/α,β-unsaturated/α-hetero) is 1. The molecule has 34 heavy (non-hydrogen) atoms. The van der Waals surface area contributed by atoms with Crippen LogP contribution in [0.1, 0.15) is 26.5 Å². The molecule has 0 saturated carbocycles. The summed E-state index contributed by atoms with van der Waals surface area (Å²) in [5.41, 5.74) is 0.778. The number of rotatable bonds is 7. The molecule has 1 heterocycles. The number of hydrogen-bond acceptors (Lipinski definition) is 7. The van der Waals surface area contributed by atoms with Gasteiger partial charge < -0.3 is 18.6 Å². The average molecular weight is 479 g/mol. The predicted molar refractivity (Wildman–Crippen MR) is 126 cm³/mol. The summed E-state index contributed by atoms with van der Waals surface area (Å²) in [7, 11) is 1.30. The summed E-state index contributed by atoms with van der Waals surface area (Å²) in [6.45, 7) is 1.43. The van der Waals surface area contributed by atoms with Crippen LogP contribution in [-0.2, 0) is 4.74 Å². The molecule has 4 aromatic rings. The van der Waals surface area contributed by atoms with Crippen molar-refractivity contribution in [3.63, 3.8) is 0 Å². The maximum Gasteiger partial charge on any atom is 0.337 e. The highest BCUT2D eigenvalue weighted by Gasteiger charge is 2.16. The van der Waals surface area contributed by atoms with Crippen LogP contribution in [0.2, 0.25) is 5.02 Å². The van der Waals surface area contributed by atoms with E-state index in [9.17, 15) is 14.4 Å². The van der Waals surface area contributed by atoms with E-state index >= 15 is 0 Å². The summed E-state index contributed by atoms with van der Waals surface area (Å²) in [5.74, 6) is 0.360. The molecule has 0 amide bonds. The number of hydrogen-bond donors (Lipinski definition) is 0. The lowest BCUT2D eigenvalue weighted by Crippen LogP contribution is -2.12. The highest BCUT2D eigenvalue weighted by molar-refractivity contribution is 6.30. The predicted octanol–water partition coefficient (Wildman–Crippen LogP) is 5.60. The summed E-state index contributed by atoms with van der Waals surface area (Å²) >= 11 is 5.85. The third-order valence-corrected chi connectivity index (χ3v) is 5.27. The van der Waals surface area contributed by atoms with E-state index in [1.807, 2.05) is 0 Å². The van der Waals surface area contributed by atoms with Crippen molar-refractivity contribution in [2.75, 3.05) is 13.7 Å². The Morgan fingerprint density at radius 1 is 0.912 bits per heavy atom. The van der Waals surface area contributed by atoms with Gasteiger partial charge in [-0.25, -0.2) is 4.79 Å². The number of esters is 1. The van der Waals surface area contributed by atoms with Gasteiger partial charge in [-0.2, -0.15) is 0 Å². The molecule has 172 valence electrons. The van der Waals surface area contributed by atoms with Crippen molar-refractivity contribution >= 4 is 34.3 Å². The molecule has 7 nitrogen and oxygen atoms in total. The summed E-state index contributed by atoms with van der Waals surface area (Å²) < 4.78 is 21.8. The Labute approximate surface area is 199 Å². The van der Waals surface area contributed by atoms with Gasteiger partial charge in [0, 0.05) is 16.7 Å². The van der Waals surface area contributed by atoms with Gasteiger partial charge in [-0.05, 0) is 67.6 Å². The highest BCUT2D eigenvalue weighted by Crippen LogP contribution is 2.27. The Morgan fingerprint density at radius 3 is 2.24 bits per heavy atom. The second-order valence-corrected chi connectivity index (χ2v) is 7.75. The molecule has 4 rings (SSSR count). The molecule has 8 heteroatoms. The third kappa shape index (κ3) is 4.94. The number of carbonyl (C=O) groups is 2. The zero-order valence-electron chi connectivity index (χ0n) is 18.3. The number of methoxy groups -OCH3 is 1. The van der Waals surface area contributed by atoms with E-state index < -0.39 is 5.97 Å². The largest absolute Gasteiger partial charge is 0.485 e. The Morgan fingerprint density at radius 2 is 1.56 bits per heavy atom. The first kappa shape index (κ1) is 23.1. The normalized spacial score (nSPS) is 10.7. The van der Waals surface area contributed by atoms with Crippen LogP contribution in [-0.4, -0.2) is 25.5 Å². The molecule has 0 atom stereocenters. The minimum absolute atomic E-state index is 0.0323. The van der Waals surface area contributed by atoms with E-state index in [4.69, 9.17) is 25.5 Å². The second kappa shape index (κ2) is 9.80. The number of fused-ring (bicyclic) bond motifs is 1. The average Bonchev–Trinajstić information content (AvgIpc) is 2.85. The molecule has 0 aliphatic heterocycles. The van der Waals surface area contributed by atoms with E-state index in [1.54, 1.807) is 61.5 Å². The van der Waals surface area contributed by atoms with Crippen molar-refractivity contribution in [2.24, 2.45) is 0 Å². The number of ketones is 1. The van der Waals surface area contributed by atoms with Crippen LogP contribution < -0.4 is 14.9 Å². The molecule has 0 aliphatic rings. The van der Waals surface area contributed by atoms with Crippen LogP contribution in [0.3, 0.4) is 0 Å².